The summed E-state index contributed by atoms with van der Waals surface area (Å²) in [4.78, 5) is 11.5. The highest BCUT2D eigenvalue weighted by Crippen LogP contribution is 2.34. The predicted molar refractivity (Wildman–Crippen MR) is 116 cm³/mol. The predicted octanol–water partition coefficient (Wildman–Crippen LogP) is 3.59. The fourth-order valence-corrected chi connectivity index (χ4v) is 3.60. The molecule has 0 saturated carbocycles. The van der Waals surface area contributed by atoms with Crippen LogP contribution in [0.4, 0.5) is 0 Å². The zero-order valence-corrected chi connectivity index (χ0v) is 18.3. The number of methoxy groups -OCH3 is 2. The van der Waals surface area contributed by atoms with Crippen LogP contribution < -0.4 is 9.47 Å². The smallest absolute Gasteiger partial charge is 0.337 e. The minimum atomic E-state index is -1.04. The number of carbonyl (C=O) groups is 1. The second-order valence-electron chi connectivity index (χ2n) is 7.62. The molecular weight excluding hydrogens is 400 g/mol. The van der Waals surface area contributed by atoms with E-state index in [9.17, 15) is 15.0 Å². The Hall–Kier alpha value is -3.10. The summed E-state index contributed by atoms with van der Waals surface area (Å²) in [6, 6.07) is 8.53. The fourth-order valence-electron chi connectivity index (χ4n) is 3.60. The van der Waals surface area contributed by atoms with Gasteiger partial charge in [-0.2, -0.15) is 5.10 Å². The molecule has 0 aliphatic rings. The summed E-state index contributed by atoms with van der Waals surface area (Å²) in [5.74, 6) is 0.171. The molecule has 3 aromatic rings. The van der Waals surface area contributed by atoms with Gasteiger partial charge in [0.1, 0.15) is 29.2 Å². The average molecular weight is 428 g/mol. The minimum absolute atomic E-state index is 0.131. The highest BCUT2D eigenvalue weighted by molar-refractivity contribution is 6.01. The summed E-state index contributed by atoms with van der Waals surface area (Å²) < 4.78 is 18.5. The average Bonchev–Trinajstić information content (AvgIpc) is 3.14. The summed E-state index contributed by atoms with van der Waals surface area (Å²) in [6.45, 7) is 5.88. The molecule has 0 saturated heterocycles. The van der Waals surface area contributed by atoms with Crippen molar-refractivity contribution in [3.05, 3.63) is 53.2 Å². The second-order valence-corrected chi connectivity index (χ2v) is 7.62. The Kier molecular flexibility index (Phi) is 6.82. The Labute approximate surface area is 181 Å². The third-order valence-electron chi connectivity index (χ3n) is 5.10. The first-order chi connectivity index (χ1) is 14.7. The maximum Gasteiger partial charge on any atom is 0.337 e. The highest BCUT2D eigenvalue weighted by Gasteiger charge is 2.26. The molecule has 3 rings (SSSR count). The first-order valence-electron chi connectivity index (χ1n) is 10.0. The van der Waals surface area contributed by atoms with Crippen molar-refractivity contribution < 1.29 is 29.2 Å². The van der Waals surface area contributed by atoms with Gasteiger partial charge in [-0.05, 0) is 44.5 Å². The SMILES string of the molecule is COc1cc(C(O)C(Cn2cc3cccc(C(=O)O)c3n2)OC(C)C)cc(OC)c1C. The van der Waals surface area contributed by atoms with Crippen LogP contribution in [0, 0.1) is 6.92 Å². The number of aliphatic hydroxyl groups excluding tert-OH is 1. The Bertz CT molecular complexity index is 1050. The topological polar surface area (TPSA) is 103 Å². The molecule has 0 radical (unpaired) electrons. The van der Waals surface area contributed by atoms with E-state index in [1.54, 1.807) is 49.4 Å². The van der Waals surface area contributed by atoms with Crippen LogP contribution >= 0.6 is 0 Å². The molecule has 0 aliphatic carbocycles. The number of rotatable bonds is 9. The lowest BCUT2D eigenvalue weighted by atomic mass is 10.0. The number of benzene rings is 2. The lowest BCUT2D eigenvalue weighted by Crippen LogP contribution is -2.30. The molecule has 8 nitrogen and oxygen atoms in total. The van der Waals surface area contributed by atoms with E-state index in [0.717, 1.165) is 5.56 Å². The van der Waals surface area contributed by atoms with Crippen LogP contribution in [0.3, 0.4) is 0 Å². The van der Waals surface area contributed by atoms with Crippen molar-refractivity contribution >= 4 is 16.9 Å². The molecule has 2 unspecified atom stereocenters. The van der Waals surface area contributed by atoms with Crippen LogP contribution in [0.5, 0.6) is 11.5 Å². The summed E-state index contributed by atoms with van der Waals surface area (Å²) >= 11 is 0. The van der Waals surface area contributed by atoms with Crippen molar-refractivity contribution in [3.8, 4) is 11.5 Å². The van der Waals surface area contributed by atoms with Crippen LogP contribution in [0.1, 0.15) is 41.4 Å². The largest absolute Gasteiger partial charge is 0.496 e. The molecule has 31 heavy (non-hydrogen) atoms. The van der Waals surface area contributed by atoms with Gasteiger partial charge in [-0.25, -0.2) is 4.79 Å². The van der Waals surface area contributed by atoms with Gasteiger partial charge >= 0.3 is 5.97 Å². The summed E-state index contributed by atoms with van der Waals surface area (Å²) in [6.07, 6.45) is -0.0215. The second kappa shape index (κ2) is 9.36. The van der Waals surface area contributed by atoms with Gasteiger partial charge in [-0.3, -0.25) is 4.68 Å². The molecule has 0 fully saturated rings. The zero-order chi connectivity index (χ0) is 22.7. The number of nitrogens with zero attached hydrogens (tertiary/aromatic N) is 2. The van der Waals surface area contributed by atoms with E-state index in [-0.39, 0.29) is 18.2 Å². The number of hydrogen-bond acceptors (Lipinski definition) is 6. The highest BCUT2D eigenvalue weighted by atomic mass is 16.5. The van der Waals surface area contributed by atoms with Gasteiger partial charge in [0.05, 0.1) is 32.4 Å². The molecule has 1 aromatic heterocycles. The zero-order valence-electron chi connectivity index (χ0n) is 18.3. The summed E-state index contributed by atoms with van der Waals surface area (Å²) in [5.41, 5.74) is 1.95. The van der Waals surface area contributed by atoms with Crippen molar-refractivity contribution in [1.29, 1.82) is 0 Å². The fraction of sp³-hybridized carbons (Fsp3) is 0.391. The maximum atomic E-state index is 11.5. The number of fused-ring (bicyclic) bond motifs is 1. The van der Waals surface area contributed by atoms with E-state index in [4.69, 9.17) is 14.2 Å². The van der Waals surface area contributed by atoms with Gasteiger partial charge < -0.3 is 24.4 Å². The van der Waals surface area contributed by atoms with E-state index in [1.807, 2.05) is 20.8 Å². The molecule has 2 aromatic carbocycles. The van der Waals surface area contributed by atoms with E-state index >= 15 is 0 Å². The number of aromatic carboxylic acids is 1. The van der Waals surface area contributed by atoms with Crippen molar-refractivity contribution in [1.82, 2.24) is 9.78 Å². The maximum absolute atomic E-state index is 11.5. The Morgan fingerprint density at radius 1 is 1.16 bits per heavy atom. The molecule has 0 bridgehead atoms. The van der Waals surface area contributed by atoms with Crippen LogP contribution in [-0.2, 0) is 11.3 Å². The first-order valence-corrected chi connectivity index (χ1v) is 10.0. The lowest BCUT2D eigenvalue weighted by molar-refractivity contribution is -0.0754. The van der Waals surface area contributed by atoms with Gasteiger partial charge in [0.25, 0.3) is 0 Å². The normalized spacial score (nSPS) is 13.4. The Morgan fingerprint density at radius 3 is 2.35 bits per heavy atom. The first kappa shape index (κ1) is 22.6. The molecule has 0 aliphatic heterocycles. The number of carboxylic acids is 1. The Balaban J connectivity index is 1.97. The van der Waals surface area contributed by atoms with Crippen molar-refractivity contribution in [2.24, 2.45) is 0 Å². The summed E-state index contributed by atoms with van der Waals surface area (Å²) in [7, 11) is 3.13. The van der Waals surface area contributed by atoms with Crippen molar-refractivity contribution in [2.75, 3.05) is 14.2 Å². The van der Waals surface area contributed by atoms with Crippen LogP contribution in [0.2, 0.25) is 0 Å². The number of hydrogen-bond donors (Lipinski definition) is 2. The van der Waals surface area contributed by atoms with Crippen molar-refractivity contribution in [2.45, 2.75) is 45.6 Å². The molecule has 8 heteroatoms. The van der Waals surface area contributed by atoms with E-state index < -0.39 is 18.2 Å². The molecular formula is C23H28N2O6. The van der Waals surface area contributed by atoms with Crippen LogP contribution in [-0.4, -0.2) is 52.4 Å². The molecule has 1 heterocycles. The summed E-state index contributed by atoms with van der Waals surface area (Å²) in [5, 5.41) is 25.7. The number of ether oxygens (including phenoxy) is 3. The Morgan fingerprint density at radius 2 is 1.81 bits per heavy atom. The molecule has 2 N–H and O–H groups in total. The lowest BCUT2D eigenvalue weighted by Gasteiger charge is -2.26. The molecule has 0 spiro atoms. The third kappa shape index (κ3) is 4.81. The molecule has 166 valence electrons. The minimum Gasteiger partial charge on any atom is -0.496 e. The van der Waals surface area contributed by atoms with Crippen LogP contribution in [0.15, 0.2) is 36.5 Å². The van der Waals surface area contributed by atoms with E-state index in [2.05, 4.69) is 5.10 Å². The monoisotopic (exact) mass is 428 g/mol. The van der Waals surface area contributed by atoms with Gasteiger partial charge in [0.2, 0.25) is 0 Å². The standard InChI is InChI=1S/C23H28N2O6/c1-13(2)31-20(22(26)16-9-18(29-4)14(3)19(10-16)30-5)12-25-11-15-7-6-8-17(23(27)28)21(15)24-25/h6-11,13,20,22,26H,12H2,1-5H3,(H,27,28). The third-order valence-corrected chi connectivity index (χ3v) is 5.10. The number of aromatic nitrogens is 2. The van der Waals surface area contributed by atoms with Crippen LogP contribution in [0.25, 0.3) is 10.9 Å². The van der Waals surface area contributed by atoms with Gasteiger partial charge in [0.15, 0.2) is 0 Å². The van der Waals surface area contributed by atoms with E-state index in [1.165, 1.54) is 6.07 Å². The number of carboxylic acid groups (broad SMARTS) is 1. The number of aliphatic hydroxyl groups is 1. The van der Waals surface area contributed by atoms with E-state index in [0.29, 0.717) is 28.0 Å². The molecule has 2 atom stereocenters. The van der Waals surface area contributed by atoms with Crippen molar-refractivity contribution in [3.63, 3.8) is 0 Å². The quantitative estimate of drug-likeness (QED) is 0.537. The van der Waals surface area contributed by atoms with Gasteiger partial charge in [-0.1, -0.05) is 12.1 Å². The van der Waals surface area contributed by atoms with Gasteiger partial charge in [0, 0.05) is 17.1 Å². The van der Waals surface area contributed by atoms with Gasteiger partial charge in [-0.15, -0.1) is 0 Å². The molecule has 0 amide bonds.